The molecule has 3 rings (SSSR count). The molecule has 0 saturated carbocycles. The summed E-state index contributed by atoms with van der Waals surface area (Å²) in [4.78, 5) is 4.23. The minimum atomic E-state index is 0.845. The molecule has 0 bridgehead atoms. The summed E-state index contributed by atoms with van der Waals surface area (Å²) in [6, 6.07) is 10.5. The van der Waals surface area contributed by atoms with Crippen molar-refractivity contribution >= 4 is 11.8 Å². The van der Waals surface area contributed by atoms with Crippen molar-refractivity contribution in [2.45, 2.75) is 31.8 Å². The van der Waals surface area contributed by atoms with Crippen molar-refractivity contribution in [2.24, 2.45) is 0 Å². The summed E-state index contributed by atoms with van der Waals surface area (Å²) in [6.07, 6.45) is 7.60. The van der Waals surface area contributed by atoms with Crippen molar-refractivity contribution < 1.29 is 0 Å². The molecule has 0 unspecified atom stereocenters. The van der Waals surface area contributed by atoms with E-state index in [4.69, 9.17) is 0 Å². The number of hydrogen-bond donors (Lipinski definition) is 0. The highest BCUT2D eigenvalue weighted by molar-refractivity contribution is 7.98. The van der Waals surface area contributed by atoms with Gasteiger partial charge in [0.25, 0.3) is 0 Å². The number of hydrogen-bond acceptors (Lipinski definition) is 4. The lowest BCUT2D eigenvalue weighted by Crippen LogP contribution is -2.07. The number of rotatable bonds is 5. The molecular formula is C18H20N4S. The molecule has 23 heavy (non-hydrogen) atoms. The van der Waals surface area contributed by atoms with E-state index in [0.717, 1.165) is 29.4 Å². The Bertz CT molecular complexity index is 774. The fourth-order valence-corrected chi connectivity index (χ4v) is 3.27. The van der Waals surface area contributed by atoms with Gasteiger partial charge in [0, 0.05) is 18.0 Å². The average molecular weight is 324 g/mol. The van der Waals surface area contributed by atoms with Crippen LogP contribution in [0.1, 0.15) is 25.0 Å². The fraction of sp³-hybridized carbons (Fsp3) is 0.278. The third kappa shape index (κ3) is 2.88. The Labute approximate surface area is 141 Å². The number of thioether (sulfide) groups is 1. The molecule has 0 aliphatic carbocycles. The molecule has 0 radical (unpaired) electrons. The van der Waals surface area contributed by atoms with Gasteiger partial charge in [-0.2, -0.15) is 0 Å². The normalized spacial score (nSPS) is 10.9. The summed E-state index contributed by atoms with van der Waals surface area (Å²) >= 11 is 1.61. The van der Waals surface area contributed by atoms with Gasteiger partial charge in [0.1, 0.15) is 0 Å². The zero-order valence-corrected chi connectivity index (χ0v) is 14.5. The zero-order chi connectivity index (χ0) is 16.2. The predicted molar refractivity (Wildman–Crippen MR) is 95.1 cm³/mol. The Kier molecular flexibility index (Phi) is 4.76. The number of benzene rings is 1. The van der Waals surface area contributed by atoms with Crippen LogP contribution in [0.4, 0.5) is 0 Å². The van der Waals surface area contributed by atoms with Crippen LogP contribution < -0.4 is 0 Å². The number of aryl methyl sites for hydroxylation is 2. The predicted octanol–water partition coefficient (Wildman–Crippen LogP) is 4.18. The molecule has 1 aromatic carbocycles. The highest BCUT2D eigenvalue weighted by Gasteiger charge is 2.19. The Balaban J connectivity index is 2.31. The zero-order valence-electron chi connectivity index (χ0n) is 13.7. The lowest BCUT2D eigenvalue weighted by atomic mass is 10.0. The molecule has 0 atom stereocenters. The molecule has 118 valence electrons. The van der Waals surface area contributed by atoms with Crippen LogP contribution in [-0.2, 0) is 12.8 Å². The van der Waals surface area contributed by atoms with Crippen molar-refractivity contribution in [1.29, 1.82) is 0 Å². The molecule has 3 aromatic rings. The van der Waals surface area contributed by atoms with Crippen LogP contribution in [-0.4, -0.2) is 26.0 Å². The molecule has 2 aromatic heterocycles. The van der Waals surface area contributed by atoms with E-state index in [2.05, 4.69) is 51.8 Å². The van der Waals surface area contributed by atoms with E-state index in [1.54, 1.807) is 18.0 Å². The Morgan fingerprint density at radius 3 is 2.30 bits per heavy atom. The van der Waals surface area contributed by atoms with Gasteiger partial charge in [0.15, 0.2) is 11.0 Å². The largest absolute Gasteiger partial charge is 0.269 e. The first kappa shape index (κ1) is 15.7. The van der Waals surface area contributed by atoms with Crippen molar-refractivity contribution in [2.75, 3.05) is 6.26 Å². The van der Waals surface area contributed by atoms with Gasteiger partial charge in [0.2, 0.25) is 0 Å². The molecule has 0 aliphatic rings. The second-order valence-corrected chi connectivity index (χ2v) is 5.99. The van der Waals surface area contributed by atoms with E-state index < -0.39 is 0 Å². The van der Waals surface area contributed by atoms with Crippen LogP contribution in [0.15, 0.2) is 47.9 Å². The molecule has 0 amide bonds. The van der Waals surface area contributed by atoms with Crippen molar-refractivity contribution in [3.8, 4) is 17.1 Å². The van der Waals surface area contributed by atoms with Crippen molar-refractivity contribution in [3.63, 3.8) is 0 Å². The van der Waals surface area contributed by atoms with E-state index in [9.17, 15) is 0 Å². The monoisotopic (exact) mass is 324 g/mol. The lowest BCUT2D eigenvalue weighted by molar-refractivity contribution is 0.859. The second-order valence-electron chi connectivity index (χ2n) is 5.22. The summed E-state index contributed by atoms with van der Waals surface area (Å²) in [5.41, 5.74) is 4.81. The minimum absolute atomic E-state index is 0.845. The molecule has 0 saturated heterocycles. The highest BCUT2D eigenvalue weighted by Crippen LogP contribution is 2.31. The van der Waals surface area contributed by atoms with Gasteiger partial charge in [0.05, 0.1) is 5.69 Å². The van der Waals surface area contributed by atoms with Gasteiger partial charge in [-0.1, -0.05) is 43.8 Å². The van der Waals surface area contributed by atoms with E-state index >= 15 is 0 Å². The maximum absolute atomic E-state index is 4.44. The van der Waals surface area contributed by atoms with Gasteiger partial charge in [-0.05, 0) is 42.4 Å². The SMILES string of the molecule is CCc1cccc(CC)c1-n1c(SC)nnc1-c1cccnc1. The van der Waals surface area contributed by atoms with Crippen molar-refractivity contribution in [1.82, 2.24) is 19.7 Å². The van der Waals surface area contributed by atoms with Crippen LogP contribution in [0.5, 0.6) is 0 Å². The number of nitrogens with zero attached hydrogens (tertiary/aromatic N) is 4. The third-order valence-corrected chi connectivity index (χ3v) is 4.55. The summed E-state index contributed by atoms with van der Waals surface area (Å²) < 4.78 is 2.18. The van der Waals surface area contributed by atoms with Gasteiger partial charge < -0.3 is 0 Å². The van der Waals surface area contributed by atoms with Gasteiger partial charge in [-0.25, -0.2) is 0 Å². The highest BCUT2D eigenvalue weighted by atomic mass is 32.2. The van der Waals surface area contributed by atoms with Crippen LogP contribution in [0.3, 0.4) is 0 Å². The first-order chi connectivity index (χ1) is 11.3. The third-order valence-electron chi connectivity index (χ3n) is 3.92. The van der Waals surface area contributed by atoms with Gasteiger partial charge in [-0.3, -0.25) is 9.55 Å². The van der Waals surface area contributed by atoms with Crippen molar-refractivity contribution in [3.05, 3.63) is 53.9 Å². The quantitative estimate of drug-likeness (QED) is 0.661. The molecule has 4 nitrogen and oxygen atoms in total. The van der Waals surface area contributed by atoms with Gasteiger partial charge in [-0.15, -0.1) is 10.2 Å². The Morgan fingerprint density at radius 2 is 1.74 bits per heavy atom. The van der Waals surface area contributed by atoms with Crippen LogP contribution in [0.25, 0.3) is 17.1 Å². The van der Waals surface area contributed by atoms with Gasteiger partial charge >= 0.3 is 0 Å². The summed E-state index contributed by atoms with van der Waals surface area (Å²) in [7, 11) is 0. The first-order valence-corrected chi connectivity index (χ1v) is 9.03. The van der Waals surface area contributed by atoms with Crippen LogP contribution in [0, 0.1) is 0 Å². The molecule has 0 aliphatic heterocycles. The topological polar surface area (TPSA) is 43.6 Å². The molecule has 5 heteroatoms. The number of pyridine rings is 1. The lowest BCUT2D eigenvalue weighted by Gasteiger charge is -2.17. The fourth-order valence-electron chi connectivity index (χ4n) is 2.79. The Hall–Kier alpha value is -2.14. The smallest absolute Gasteiger partial charge is 0.195 e. The summed E-state index contributed by atoms with van der Waals surface area (Å²) in [5, 5.41) is 9.73. The second kappa shape index (κ2) is 6.96. The van der Waals surface area contributed by atoms with E-state index in [1.807, 2.05) is 24.6 Å². The Morgan fingerprint density at radius 1 is 1.00 bits per heavy atom. The maximum Gasteiger partial charge on any atom is 0.195 e. The van der Waals surface area contributed by atoms with E-state index in [1.165, 1.54) is 16.8 Å². The number of para-hydroxylation sites is 1. The number of aromatic nitrogens is 4. The van der Waals surface area contributed by atoms with Crippen LogP contribution >= 0.6 is 11.8 Å². The van der Waals surface area contributed by atoms with Crippen LogP contribution in [0.2, 0.25) is 0 Å². The molecule has 0 spiro atoms. The van der Waals surface area contributed by atoms with E-state index in [-0.39, 0.29) is 0 Å². The molecule has 2 heterocycles. The maximum atomic E-state index is 4.44. The molecule has 0 fully saturated rings. The molecule has 0 N–H and O–H groups in total. The summed E-state index contributed by atoms with van der Waals surface area (Å²) in [5.74, 6) is 0.845. The first-order valence-electron chi connectivity index (χ1n) is 7.81. The standard InChI is InChI=1S/C18H20N4S/c1-4-13-8-6-9-14(5-2)16(13)22-17(20-21-18(22)23-3)15-10-7-11-19-12-15/h6-12H,4-5H2,1-3H3. The molecular weight excluding hydrogens is 304 g/mol. The van der Waals surface area contributed by atoms with E-state index in [0.29, 0.717) is 0 Å². The average Bonchev–Trinajstić information content (AvgIpc) is 3.05. The minimum Gasteiger partial charge on any atom is -0.269 e. The summed E-state index contributed by atoms with van der Waals surface area (Å²) in [6.45, 7) is 4.37.